The van der Waals surface area contributed by atoms with Crippen molar-refractivity contribution in [2.24, 2.45) is 0 Å². The van der Waals surface area contributed by atoms with Crippen molar-refractivity contribution < 1.29 is 9.53 Å². The number of methoxy groups -OCH3 is 1. The number of benzene rings is 1. The Kier molecular flexibility index (Phi) is 2.46. The summed E-state index contributed by atoms with van der Waals surface area (Å²) < 4.78 is 5.23. The molecule has 1 aliphatic rings. The first-order chi connectivity index (χ1) is 6.74. The second-order valence-electron chi connectivity index (χ2n) is 3.43. The summed E-state index contributed by atoms with van der Waals surface area (Å²) in [5.41, 5.74) is 2.17. The van der Waals surface area contributed by atoms with E-state index in [9.17, 15) is 4.79 Å². The van der Waals surface area contributed by atoms with Crippen molar-refractivity contribution in [2.45, 2.75) is 18.8 Å². The van der Waals surface area contributed by atoms with Crippen molar-refractivity contribution in [3.63, 3.8) is 0 Å². The molecule has 0 N–H and O–H groups in total. The molecule has 1 unspecified atom stereocenters. The first-order valence-corrected chi connectivity index (χ1v) is 4.97. The quantitative estimate of drug-likeness (QED) is 0.702. The Morgan fingerprint density at radius 2 is 2.36 bits per heavy atom. The summed E-state index contributed by atoms with van der Waals surface area (Å²) >= 11 is 5.55. The maximum atomic E-state index is 11.2. The summed E-state index contributed by atoms with van der Waals surface area (Å²) in [4.78, 5) is 11.2. The van der Waals surface area contributed by atoms with Gasteiger partial charge in [-0.15, -0.1) is 0 Å². The van der Waals surface area contributed by atoms with E-state index in [0.29, 0.717) is 0 Å². The Morgan fingerprint density at radius 3 is 3.00 bits per heavy atom. The van der Waals surface area contributed by atoms with Crippen LogP contribution in [0, 0.1) is 0 Å². The molecule has 0 fully saturated rings. The van der Waals surface area contributed by atoms with Crippen LogP contribution in [0.5, 0.6) is 5.75 Å². The van der Waals surface area contributed by atoms with Crippen LogP contribution >= 0.6 is 11.6 Å². The Balaban J connectivity index is 2.50. The van der Waals surface area contributed by atoms with E-state index in [1.807, 2.05) is 18.2 Å². The van der Waals surface area contributed by atoms with Gasteiger partial charge in [0.15, 0.2) is 0 Å². The van der Waals surface area contributed by atoms with Crippen LogP contribution in [0.4, 0.5) is 0 Å². The molecule has 0 bridgehead atoms. The van der Waals surface area contributed by atoms with Crippen molar-refractivity contribution in [3.8, 4) is 5.75 Å². The van der Waals surface area contributed by atoms with E-state index in [4.69, 9.17) is 16.3 Å². The molecule has 2 rings (SSSR count). The molecule has 0 aromatic heterocycles. The van der Waals surface area contributed by atoms with Gasteiger partial charge in [0.2, 0.25) is 5.24 Å². The van der Waals surface area contributed by atoms with E-state index >= 15 is 0 Å². The zero-order chi connectivity index (χ0) is 10.1. The van der Waals surface area contributed by atoms with Crippen LogP contribution in [0.2, 0.25) is 0 Å². The predicted octanol–water partition coefficient (Wildman–Crippen LogP) is 2.49. The van der Waals surface area contributed by atoms with E-state index in [1.165, 1.54) is 5.56 Å². The van der Waals surface area contributed by atoms with E-state index in [0.717, 1.165) is 24.2 Å². The van der Waals surface area contributed by atoms with E-state index < -0.39 is 0 Å². The first-order valence-electron chi connectivity index (χ1n) is 4.59. The highest BCUT2D eigenvalue weighted by atomic mass is 35.5. The summed E-state index contributed by atoms with van der Waals surface area (Å²) in [6.45, 7) is 0. The van der Waals surface area contributed by atoms with E-state index in [1.54, 1.807) is 7.11 Å². The normalized spacial score (nSPS) is 19.1. The lowest BCUT2D eigenvalue weighted by molar-refractivity contribution is -0.113. The highest BCUT2D eigenvalue weighted by molar-refractivity contribution is 6.64. The Hall–Kier alpha value is -1.02. The van der Waals surface area contributed by atoms with Gasteiger partial charge in [0.05, 0.1) is 13.0 Å². The summed E-state index contributed by atoms with van der Waals surface area (Å²) in [5.74, 6) is 0.599. The average Bonchev–Trinajstić information content (AvgIpc) is 2.60. The monoisotopic (exact) mass is 210 g/mol. The fourth-order valence-electron chi connectivity index (χ4n) is 2.05. The summed E-state index contributed by atoms with van der Waals surface area (Å²) in [5, 5.41) is -0.284. The smallest absolute Gasteiger partial charge is 0.229 e. The molecule has 0 radical (unpaired) electrons. The number of carbonyl (C=O) groups excluding carboxylic acids is 1. The molecule has 0 saturated carbocycles. The van der Waals surface area contributed by atoms with Gasteiger partial charge < -0.3 is 4.74 Å². The summed E-state index contributed by atoms with van der Waals surface area (Å²) in [6.07, 6.45) is 1.72. The molecule has 3 heteroatoms. The van der Waals surface area contributed by atoms with Crippen LogP contribution in [-0.4, -0.2) is 12.4 Å². The van der Waals surface area contributed by atoms with E-state index in [2.05, 4.69) is 0 Å². The molecule has 2 nitrogen and oxygen atoms in total. The van der Waals surface area contributed by atoms with Gasteiger partial charge in [0.1, 0.15) is 5.75 Å². The molecule has 1 atom stereocenters. The maximum absolute atomic E-state index is 11.2. The number of ether oxygens (including phenoxy) is 1. The Morgan fingerprint density at radius 1 is 1.57 bits per heavy atom. The lowest BCUT2D eigenvalue weighted by Gasteiger charge is -2.10. The lowest BCUT2D eigenvalue weighted by Crippen LogP contribution is -2.03. The number of hydrogen-bond acceptors (Lipinski definition) is 2. The highest BCUT2D eigenvalue weighted by Crippen LogP contribution is 2.40. The molecule has 0 amide bonds. The third-order valence-electron chi connectivity index (χ3n) is 2.70. The molecule has 1 aromatic rings. The number of halogens is 1. The van der Waals surface area contributed by atoms with Crippen molar-refractivity contribution in [2.75, 3.05) is 7.11 Å². The maximum Gasteiger partial charge on any atom is 0.229 e. The van der Waals surface area contributed by atoms with Crippen molar-refractivity contribution in [1.29, 1.82) is 0 Å². The molecule has 1 aromatic carbocycles. The van der Waals surface area contributed by atoms with Crippen LogP contribution < -0.4 is 4.74 Å². The fourth-order valence-corrected chi connectivity index (χ4v) is 2.27. The number of rotatable bonds is 2. The van der Waals surface area contributed by atoms with Crippen LogP contribution in [0.25, 0.3) is 0 Å². The molecule has 74 valence electrons. The minimum atomic E-state index is -0.284. The third kappa shape index (κ3) is 1.40. The molecule has 0 heterocycles. The Bertz CT molecular complexity index is 374. The van der Waals surface area contributed by atoms with Crippen molar-refractivity contribution in [1.82, 2.24) is 0 Å². The summed E-state index contributed by atoms with van der Waals surface area (Å²) in [7, 11) is 1.61. The third-order valence-corrected chi connectivity index (χ3v) is 2.96. The van der Waals surface area contributed by atoms with Gasteiger partial charge in [-0.05, 0) is 36.1 Å². The topological polar surface area (TPSA) is 26.3 Å². The van der Waals surface area contributed by atoms with Crippen LogP contribution in [0.1, 0.15) is 23.5 Å². The van der Waals surface area contributed by atoms with Crippen molar-refractivity contribution >= 4 is 16.8 Å². The average molecular weight is 211 g/mol. The van der Waals surface area contributed by atoms with Crippen LogP contribution in [0.15, 0.2) is 18.2 Å². The van der Waals surface area contributed by atoms with E-state index in [-0.39, 0.29) is 11.2 Å². The minimum absolute atomic E-state index is 0.178. The largest absolute Gasteiger partial charge is 0.496 e. The fraction of sp³-hybridized carbons (Fsp3) is 0.364. The van der Waals surface area contributed by atoms with Gasteiger partial charge in [-0.25, -0.2) is 0 Å². The molecule has 1 aliphatic carbocycles. The molecular weight excluding hydrogens is 200 g/mol. The molecule has 0 spiro atoms. The molecule has 0 saturated heterocycles. The Labute approximate surface area is 87.8 Å². The van der Waals surface area contributed by atoms with Gasteiger partial charge >= 0.3 is 0 Å². The van der Waals surface area contributed by atoms with Gasteiger partial charge in [-0.1, -0.05) is 12.1 Å². The molecule has 0 aliphatic heterocycles. The minimum Gasteiger partial charge on any atom is -0.496 e. The predicted molar refractivity (Wildman–Crippen MR) is 54.9 cm³/mol. The highest BCUT2D eigenvalue weighted by Gasteiger charge is 2.30. The second kappa shape index (κ2) is 3.62. The van der Waals surface area contributed by atoms with Crippen LogP contribution in [-0.2, 0) is 11.2 Å². The number of carbonyl (C=O) groups is 1. The van der Waals surface area contributed by atoms with Crippen LogP contribution in [0.3, 0.4) is 0 Å². The molecule has 14 heavy (non-hydrogen) atoms. The standard InChI is InChI=1S/C11H11ClO2/c1-14-9-4-2-3-7-5-6-8(10(7)9)11(12)13/h2-4,8H,5-6H2,1H3. The van der Waals surface area contributed by atoms with Crippen molar-refractivity contribution in [3.05, 3.63) is 29.3 Å². The van der Waals surface area contributed by atoms with Gasteiger partial charge in [0, 0.05) is 5.56 Å². The summed E-state index contributed by atoms with van der Waals surface area (Å²) in [6, 6.07) is 5.84. The zero-order valence-electron chi connectivity index (χ0n) is 7.92. The van der Waals surface area contributed by atoms with Gasteiger partial charge in [0.25, 0.3) is 0 Å². The number of aryl methyl sites for hydroxylation is 1. The first kappa shape index (κ1) is 9.53. The number of fused-ring (bicyclic) bond motifs is 1. The van der Waals surface area contributed by atoms with Gasteiger partial charge in [-0.2, -0.15) is 0 Å². The van der Waals surface area contributed by atoms with Gasteiger partial charge in [-0.3, -0.25) is 4.79 Å². The zero-order valence-corrected chi connectivity index (χ0v) is 8.67. The SMILES string of the molecule is COc1cccc2c1C(C(=O)Cl)CC2. The number of hydrogen-bond donors (Lipinski definition) is 0. The second-order valence-corrected chi connectivity index (χ2v) is 3.80. The lowest BCUT2D eigenvalue weighted by atomic mass is 10.0. The molecular formula is C11H11ClO2.